The summed E-state index contributed by atoms with van der Waals surface area (Å²) in [6.07, 6.45) is 3.72. The lowest BCUT2D eigenvalue weighted by atomic mass is 10.2. The van der Waals surface area contributed by atoms with Gasteiger partial charge in [0.25, 0.3) is 11.1 Å². The van der Waals surface area contributed by atoms with Crippen molar-refractivity contribution in [2.24, 2.45) is 28.2 Å². The number of hydrogen-bond acceptors (Lipinski definition) is 10. The molecule has 0 spiro atoms. The number of imidazole rings is 2. The summed E-state index contributed by atoms with van der Waals surface area (Å²) in [7, 11) is 6.65. The van der Waals surface area contributed by atoms with Gasteiger partial charge in [-0.15, -0.1) is 0 Å². The number of anilines is 2. The molecule has 0 radical (unpaired) electrons. The minimum absolute atomic E-state index is 0.0705. The molecule has 20 heteroatoms. The quantitative estimate of drug-likeness (QED) is 0.172. The molecule has 2 aliphatic carbocycles. The van der Waals surface area contributed by atoms with Crippen LogP contribution in [0.15, 0.2) is 55.6 Å². The molecule has 2 saturated carbocycles. The van der Waals surface area contributed by atoms with Gasteiger partial charge in [-0.3, -0.25) is 27.9 Å². The molecule has 0 saturated heterocycles. The Hall–Kier alpha value is -4.58. The number of fused-ring (bicyclic) bond motifs is 2. The number of nitrogens with one attached hydrogen (secondary N) is 2. The highest BCUT2D eigenvalue weighted by Gasteiger charge is 2.27. The molecule has 4 atom stereocenters. The summed E-state index contributed by atoms with van der Waals surface area (Å²) in [6, 6.07) is 10.2. The smallest absolute Gasteiger partial charge is 0.332 e. The van der Waals surface area contributed by atoms with Gasteiger partial charge in [-0.25, -0.2) is 9.59 Å². The average Bonchev–Trinajstić information content (AvgIpc) is 3.96. The maximum Gasteiger partial charge on any atom is 0.332 e. The number of aryl methyl sites for hydroxylation is 4. The molecule has 2 fully saturated rings. The van der Waals surface area contributed by atoms with Gasteiger partial charge in [0.15, 0.2) is 22.3 Å². The van der Waals surface area contributed by atoms with Gasteiger partial charge in [0.05, 0.1) is 45.4 Å². The number of aliphatic hydroxyl groups excluding tert-OH is 2. The molecule has 0 amide bonds. The van der Waals surface area contributed by atoms with E-state index >= 15 is 0 Å². The molecule has 4 aromatic heterocycles. The number of rotatable bonds is 8. The van der Waals surface area contributed by atoms with Crippen LogP contribution in [-0.2, 0) is 41.3 Å². The predicted molar refractivity (Wildman–Crippen MR) is 226 cm³/mol. The second-order valence-corrected chi connectivity index (χ2v) is 16.5. The topological polar surface area (TPSA) is 188 Å². The van der Waals surface area contributed by atoms with Crippen LogP contribution in [0.2, 0.25) is 20.1 Å². The number of aliphatic hydroxyl groups is 2. The van der Waals surface area contributed by atoms with Gasteiger partial charge in [0.1, 0.15) is 0 Å². The van der Waals surface area contributed by atoms with E-state index in [2.05, 4.69) is 20.6 Å². The summed E-state index contributed by atoms with van der Waals surface area (Å²) in [6.45, 7) is 0.141. The van der Waals surface area contributed by atoms with Crippen LogP contribution in [0.5, 0.6) is 0 Å². The molecule has 2 aliphatic rings. The van der Waals surface area contributed by atoms with Crippen molar-refractivity contribution < 1.29 is 10.2 Å². The van der Waals surface area contributed by atoms with Crippen LogP contribution in [0.3, 0.4) is 0 Å². The van der Waals surface area contributed by atoms with Crippen LogP contribution in [0.1, 0.15) is 49.7 Å². The fourth-order valence-corrected chi connectivity index (χ4v) is 8.25. The van der Waals surface area contributed by atoms with E-state index < -0.39 is 22.5 Å². The van der Waals surface area contributed by atoms with Gasteiger partial charge in [0.2, 0.25) is 11.9 Å². The highest BCUT2D eigenvalue weighted by atomic mass is 35.5. The first kappa shape index (κ1) is 41.6. The first-order valence-corrected chi connectivity index (χ1v) is 20.1. The molecule has 4 N–H and O–H groups in total. The van der Waals surface area contributed by atoms with Gasteiger partial charge >= 0.3 is 11.4 Å². The van der Waals surface area contributed by atoms with Gasteiger partial charge in [-0.2, -0.15) is 9.97 Å². The molecule has 2 aromatic carbocycles. The normalized spacial score (nSPS) is 19.2. The van der Waals surface area contributed by atoms with E-state index in [0.29, 0.717) is 78.3 Å². The molecule has 0 bridgehead atoms. The van der Waals surface area contributed by atoms with Crippen molar-refractivity contribution in [2.45, 2.75) is 75.9 Å². The van der Waals surface area contributed by atoms with E-state index in [1.54, 1.807) is 73.7 Å². The largest absolute Gasteiger partial charge is 0.393 e. The highest BCUT2D eigenvalue weighted by Crippen LogP contribution is 2.27. The lowest BCUT2D eigenvalue weighted by Gasteiger charge is -2.12. The molecule has 8 rings (SSSR count). The Bertz CT molecular complexity index is 2620. The zero-order valence-corrected chi connectivity index (χ0v) is 35.1. The maximum absolute atomic E-state index is 13.1. The summed E-state index contributed by atoms with van der Waals surface area (Å²) in [4.78, 5) is 60.9. The van der Waals surface area contributed by atoms with E-state index in [-0.39, 0.29) is 37.4 Å². The van der Waals surface area contributed by atoms with Crippen LogP contribution < -0.4 is 33.1 Å². The Morgan fingerprint density at radius 2 is 0.966 bits per heavy atom. The Balaban J connectivity index is 0.000000177. The van der Waals surface area contributed by atoms with Crippen molar-refractivity contribution in [1.82, 2.24) is 37.4 Å². The van der Waals surface area contributed by atoms with Crippen LogP contribution in [0.4, 0.5) is 11.9 Å². The van der Waals surface area contributed by atoms with E-state index in [4.69, 9.17) is 46.4 Å². The van der Waals surface area contributed by atoms with Crippen molar-refractivity contribution in [1.29, 1.82) is 0 Å². The van der Waals surface area contributed by atoms with Gasteiger partial charge in [0, 0.05) is 40.3 Å². The van der Waals surface area contributed by atoms with Crippen LogP contribution in [0, 0.1) is 0 Å². The number of benzene rings is 2. The monoisotopic (exact) mass is 874 g/mol. The molecule has 0 aliphatic heterocycles. The van der Waals surface area contributed by atoms with E-state index in [1.807, 2.05) is 0 Å². The van der Waals surface area contributed by atoms with Crippen molar-refractivity contribution in [3.63, 3.8) is 0 Å². The SMILES string of the molecule is Cn1c(N[C@@H]2CC[C@H](O)C2)nc2c1c(=O)n(Cc1ccc(Cl)c(Cl)c1)c(=O)n2C.Cn1c(N[C@H]2CC[C@@H](O)C2)nc2c1c(=O)n(Cc1ccc(Cl)c(Cl)c1)c(=O)n2C. The molecular weight excluding hydrogens is 834 g/mol. The zero-order valence-electron chi connectivity index (χ0n) is 32.0. The Morgan fingerprint density at radius 3 is 1.29 bits per heavy atom. The summed E-state index contributed by atoms with van der Waals surface area (Å²) in [5, 5.41) is 27.6. The third kappa shape index (κ3) is 8.05. The Morgan fingerprint density at radius 1 is 0.586 bits per heavy atom. The van der Waals surface area contributed by atoms with Crippen molar-refractivity contribution >= 4 is 80.6 Å². The first-order chi connectivity index (χ1) is 27.5. The van der Waals surface area contributed by atoms with Crippen molar-refractivity contribution in [2.75, 3.05) is 10.6 Å². The van der Waals surface area contributed by atoms with Crippen LogP contribution >= 0.6 is 46.4 Å². The third-order valence-corrected chi connectivity index (χ3v) is 12.3. The lowest BCUT2D eigenvalue weighted by molar-refractivity contribution is 0.181. The molecule has 6 aromatic rings. The fourth-order valence-electron chi connectivity index (χ4n) is 7.61. The van der Waals surface area contributed by atoms with E-state index in [1.165, 1.54) is 9.13 Å². The molecule has 58 heavy (non-hydrogen) atoms. The van der Waals surface area contributed by atoms with Gasteiger partial charge in [-0.1, -0.05) is 58.5 Å². The Kier molecular flexibility index (Phi) is 11.9. The summed E-state index contributed by atoms with van der Waals surface area (Å²) in [5.41, 5.74) is 0.887. The van der Waals surface area contributed by atoms with Gasteiger partial charge < -0.3 is 30.0 Å². The van der Waals surface area contributed by atoms with Crippen molar-refractivity contribution in [3.05, 3.63) is 109 Å². The first-order valence-electron chi connectivity index (χ1n) is 18.6. The van der Waals surface area contributed by atoms with E-state index in [9.17, 15) is 29.4 Å². The second-order valence-electron chi connectivity index (χ2n) is 14.9. The number of hydrogen-bond donors (Lipinski definition) is 4. The predicted octanol–water partition coefficient (Wildman–Crippen LogP) is 4.23. The number of nitrogens with zero attached hydrogens (tertiary/aromatic N) is 8. The average molecular weight is 877 g/mol. The molecule has 4 heterocycles. The van der Waals surface area contributed by atoms with Crippen LogP contribution in [0.25, 0.3) is 22.3 Å². The summed E-state index contributed by atoms with van der Waals surface area (Å²) >= 11 is 24.0. The fraction of sp³-hybridized carbons (Fsp3) is 0.421. The molecule has 308 valence electrons. The summed E-state index contributed by atoms with van der Waals surface area (Å²) in [5.74, 6) is 0.997. The highest BCUT2D eigenvalue weighted by molar-refractivity contribution is 6.42. The molecule has 0 unspecified atom stereocenters. The summed E-state index contributed by atoms with van der Waals surface area (Å²) < 4.78 is 8.37. The lowest BCUT2D eigenvalue weighted by Crippen LogP contribution is -2.39. The minimum Gasteiger partial charge on any atom is -0.393 e. The third-order valence-electron chi connectivity index (χ3n) is 10.8. The Labute approximate surface area is 350 Å². The molecular formula is C38H42Cl4N10O6. The number of aromatic nitrogens is 8. The number of halogens is 4. The standard InChI is InChI=1S/2C19H21Cl2N5O3/c2*1-24-15-16(23-18(24)22-11-4-5-12(27)8-11)25(2)19(29)26(17(15)28)9-10-3-6-13(20)14(21)7-10/h2*3,6-7,11-12,27H,4-5,8-9H2,1-2H3,(H,22,23)/t2*11-,12+/m10/s1. The minimum atomic E-state index is -0.463. The van der Waals surface area contributed by atoms with Crippen LogP contribution in [-0.4, -0.2) is 71.9 Å². The zero-order chi connectivity index (χ0) is 41.7. The van der Waals surface area contributed by atoms with E-state index in [0.717, 1.165) is 34.8 Å². The van der Waals surface area contributed by atoms with Gasteiger partial charge in [-0.05, 0) is 73.9 Å². The molecule has 16 nitrogen and oxygen atoms in total. The second kappa shape index (κ2) is 16.6. The van der Waals surface area contributed by atoms with Crippen molar-refractivity contribution in [3.8, 4) is 0 Å². The maximum atomic E-state index is 13.1.